The van der Waals surface area contributed by atoms with E-state index in [4.69, 9.17) is 0 Å². The van der Waals surface area contributed by atoms with Gasteiger partial charge in [0.05, 0.1) is 22.5 Å². The first-order chi connectivity index (χ1) is 10.0. The summed E-state index contributed by atoms with van der Waals surface area (Å²) in [4.78, 5) is 19.0. The fraction of sp³-hybridized carbons (Fsp3) is 0.385. The van der Waals surface area contributed by atoms with Gasteiger partial charge in [0.2, 0.25) is 5.95 Å². The molecule has 7 nitrogen and oxygen atoms in total. The number of aromatic nitrogens is 2. The maximum Gasteiger partial charge on any atom is 0.321 e. The van der Waals surface area contributed by atoms with Gasteiger partial charge in [-0.3, -0.25) is 5.32 Å². The fourth-order valence-electron chi connectivity index (χ4n) is 2.43. The van der Waals surface area contributed by atoms with Crippen LogP contribution in [0.1, 0.15) is 6.42 Å². The van der Waals surface area contributed by atoms with E-state index in [1.807, 2.05) is 24.3 Å². The van der Waals surface area contributed by atoms with Gasteiger partial charge in [0, 0.05) is 6.54 Å². The Labute approximate surface area is 122 Å². The number of para-hydroxylation sites is 2. The van der Waals surface area contributed by atoms with Crippen LogP contribution in [-0.2, 0) is 9.84 Å². The monoisotopic (exact) mass is 308 g/mol. The topological polar surface area (TPSA) is 104 Å². The number of hydrogen-bond donors (Lipinski definition) is 3. The lowest BCUT2D eigenvalue weighted by Crippen LogP contribution is -2.33. The Kier molecular flexibility index (Phi) is 3.54. The van der Waals surface area contributed by atoms with Gasteiger partial charge in [-0.2, -0.15) is 0 Å². The first kappa shape index (κ1) is 13.9. The number of nitrogens with zero attached hydrogens (tertiary/aromatic N) is 1. The van der Waals surface area contributed by atoms with Crippen LogP contribution < -0.4 is 10.6 Å². The molecule has 0 radical (unpaired) electrons. The molecule has 0 bridgehead atoms. The SMILES string of the molecule is O=C(NC[C@@H]1CCS(=O)(=O)C1)Nc1nc2ccccc2[nH]1. The highest BCUT2D eigenvalue weighted by molar-refractivity contribution is 7.91. The molecular weight excluding hydrogens is 292 g/mol. The minimum atomic E-state index is -2.91. The second-order valence-corrected chi connectivity index (χ2v) is 7.44. The Balaban J connectivity index is 1.54. The number of imidazole rings is 1. The lowest BCUT2D eigenvalue weighted by atomic mass is 10.1. The summed E-state index contributed by atoms with van der Waals surface area (Å²) in [7, 11) is -2.91. The first-order valence-electron chi connectivity index (χ1n) is 6.72. The number of urea groups is 1. The molecule has 1 fully saturated rings. The van der Waals surface area contributed by atoms with E-state index >= 15 is 0 Å². The van der Waals surface area contributed by atoms with Gasteiger partial charge in [-0.05, 0) is 24.5 Å². The van der Waals surface area contributed by atoms with E-state index in [0.717, 1.165) is 11.0 Å². The van der Waals surface area contributed by atoms with E-state index in [1.165, 1.54) is 0 Å². The van der Waals surface area contributed by atoms with Crippen LogP contribution in [0.4, 0.5) is 10.7 Å². The number of H-pyrrole nitrogens is 1. The lowest BCUT2D eigenvalue weighted by Gasteiger charge is -2.09. The number of benzene rings is 1. The van der Waals surface area contributed by atoms with E-state index < -0.39 is 15.9 Å². The molecule has 1 aliphatic rings. The van der Waals surface area contributed by atoms with Crippen molar-refractivity contribution in [3.63, 3.8) is 0 Å². The third kappa shape index (κ3) is 3.33. The lowest BCUT2D eigenvalue weighted by molar-refractivity contribution is 0.250. The summed E-state index contributed by atoms with van der Waals surface area (Å²) < 4.78 is 22.7. The highest BCUT2D eigenvalue weighted by Crippen LogP contribution is 2.17. The number of carbonyl (C=O) groups is 1. The normalized spacial score (nSPS) is 20.5. The second-order valence-electron chi connectivity index (χ2n) is 5.21. The zero-order valence-corrected chi connectivity index (χ0v) is 12.1. The molecule has 3 N–H and O–H groups in total. The highest BCUT2D eigenvalue weighted by atomic mass is 32.2. The number of hydrogen-bond acceptors (Lipinski definition) is 4. The van der Waals surface area contributed by atoms with Crippen LogP contribution in [0.15, 0.2) is 24.3 Å². The maximum atomic E-state index is 11.8. The van der Waals surface area contributed by atoms with Crippen molar-refractivity contribution >= 4 is 32.9 Å². The molecule has 0 aliphatic carbocycles. The molecule has 2 amide bonds. The zero-order valence-electron chi connectivity index (χ0n) is 11.3. The molecule has 1 saturated heterocycles. The maximum absolute atomic E-state index is 11.8. The Morgan fingerprint density at radius 1 is 1.38 bits per heavy atom. The van der Waals surface area contributed by atoms with E-state index in [0.29, 0.717) is 18.9 Å². The molecule has 0 spiro atoms. The number of carbonyl (C=O) groups excluding carboxylic acids is 1. The minimum absolute atomic E-state index is 0.00331. The quantitative estimate of drug-likeness (QED) is 0.790. The summed E-state index contributed by atoms with van der Waals surface area (Å²) in [5.74, 6) is 0.729. The molecule has 0 unspecified atom stereocenters. The van der Waals surface area contributed by atoms with Gasteiger partial charge >= 0.3 is 6.03 Å². The van der Waals surface area contributed by atoms with Crippen LogP contribution in [0.2, 0.25) is 0 Å². The summed E-state index contributed by atoms with van der Waals surface area (Å²) in [6.45, 7) is 0.352. The van der Waals surface area contributed by atoms with Crippen molar-refractivity contribution in [2.75, 3.05) is 23.4 Å². The second kappa shape index (κ2) is 5.36. The van der Waals surface area contributed by atoms with Gasteiger partial charge in [0.15, 0.2) is 9.84 Å². The molecular formula is C13H16N4O3S. The molecule has 3 rings (SSSR count). The highest BCUT2D eigenvalue weighted by Gasteiger charge is 2.27. The summed E-state index contributed by atoms with van der Waals surface area (Å²) in [5, 5.41) is 5.29. The van der Waals surface area contributed by atoms with Gasteiger partial charge in [-0.15, -0.1) is 0 Å². The Morgan fingerprint density at radius 3 is 2.90 bits per heavy atom. The van der Waals surface area contributed by atoms with Crippen molar-refractivity contribution in [3.8, 4) is 0 Å². The van der Waals surface area contributed by atoms with Crippen LogP contribution in [0.25, 0.3) is 11.0 Å². The van der Waals surface area contributed by atoms with Crippen molar-refractivity contribution in [3.05, 3.63) is 24.3 Å². The summed E-state index contributed by atoms with van der Waals surface area (Å²) >= 11 is 0. The average Bonchev–Trinajstić information content (AvgIpc) is 2.98. The third-order valence-electron chi connectivity index (χ3n) is 3.50. The van der Waals surface area contributed by atoms with Crippen LogP contribution >= 0.6 is 0 Å². The molecule has 1 atom stereocenters. The average molecular weight is 308 g/mol. The number of rotatable bonds is 3. The standard InChI is InChI=1S/C13H16N4O3S/c18-13(14-7-9-5-6-21(19,20)8-9)17-12-15-10-3-1-2-4-11(10)16-12/h1-4,9H,5-8H2,(H3,14,15,16,17,18)/t9-/m0/s1. The van der Waals surface area contributed by atoms with E-state index in [-0.39, 0.29) is 17.4 Å². The fourth-order valence-corrected chi connectivity index (χ4v) is 4.30. The van der Waals surface area contributed by atoms with Crippen molar-refractivity contribution in [1.82, 2.24) is 15.3 Å². The third-order valence-corrected chi connectivity index (χ3v) is 5.34. The van der Waals surface area contributed by atoms with E-state index in [9.17, 15) is 13.2 Å². The van der Waals surface area contributed by atoms with Gasteiger partial charge in [-0.25, -0.2) is 18.2 Å². The molecule has 1 aromatic carbocycles. The number of fused-ring (bicyclic) bond motifs is 1. The molecule has 2 heterocycles. The first-order valence-corrected chi connectivity index (χ1v) is 8.54. The summed E-state index contributed by atoms with van der Waals surface area (Å²) in [5.41, 5.74) is 1.62. The van der Waals surface area contributed by atoms with Gasteiger partial charge < -0.3 is 10.3 Å². The summed E-state index contributed by atoms with van der Waals surface area (Å²) in [6, 6.07) is 7.07. The number of anilines is 1. The van der Waals surface area contributed by atoms with Crippen molar-refractivity contribution in [1.29, 1.82) is 0 Å². The molecule has 1 aliphatic heterocycles. The van der Waals surface area contributed by atoms with E-state index in [2.05, 4.69) is 20.6 Å². The minimum Gasteiger partial charge on any atom is -0.337 e. The zero-order chi connectivity index (χ0) is 14.9. The number of amides is 2. The Hall–Kier alpha value is -2.09. The van der Waals surface area contributed by atoms with Gasteiger partial charge in [0.1, 0.15) is 0 Å². The number of nitrogens with one attached hydrogen (secondary N) is 3. The largest absolute Gasteiger partial charge is 0.337 e. The van der Waals surface area contributed by atoms with Crippen molar-refractivity contribution in [2.24, 2.45) is 5.92 Å². The van der Waals surface area contributed by atoms with Crippen LogP contribution in [-0.4, -0.2) is 42.5 Å². The molecule has 0 saturated carbocycles. The van der Waals surface area contributed by atoms with E-state index in [1.54, 1.807) is 0 Å². The van der Waals surface area contributed by atoms with Crippen LogP contribution in [0.5, 0.6) is 0 Å². The van der Waals surface area contributed by atoms with Crippen LogP contribution in [0.3, 0.4) is 0 Å². The Morgan fingerprint density at radius 2 is 2.19 bits per heavy atom. The molecule has 112 valence electrons. The number of sulfone groups is 1. The Bertz CT molecular complexity index is 736. The molecule has 1 aromatic heterocycles. The van der Waals surface area contributed by atoms with Crippen LogP contribution in [0, 0.1) is 5.92 Å². The molecule has 21 heavy (non-hydrogen) atoms. The van der Waals surface area contributed by atoms with Gasteiger partial charge in [0.25, 0.3) is 0 Å². The summed E-state index contributed by atoms with van der Waals surface area (Å²) in [6.07, 6.45) is 0.604. The van der Waals surface area contributed by atoms with Gasteiger partial charge in [-0.1, -0.05) is 12.1 Å². The predicted octanol–water partition coefficient (Wildman–Crippen LogP) is 1.12. The predicted molar refractivity (Wildman–Crippen MR) is 79.9 cm³/mol. The van der Waals surface area contributed by atoms with Crippen molar-refractivity contribution < 1.29 is 13.2 Å². The smallest absolute Gasteiger partial charge is 0.321 e. The number of aromatic amines is 1. The van der Waals surface area contributed by atoms with Crippen molar-refractivity contribution in [2.45, 2.75) is 6.42 Å². The molecule has 2 aromatic rings. The molecule has 8 heteroatoms.